The normalized spacial score (nSPS) is 11.0. The average molecular weight is 320 g/mol. The maximum atomic E-state index is 4.69. The van der Waals surface area contributed by atoms with Crippen molar-refractivity contribution in [1.29, 1.82) is 0 Å². The van der Waals surface area contributed by atoms with Gasteiger partial charge in [-0.2, -0.15) is 0 Å². The highest BCUT2D eigenvalue weighted by atomic mass is 32.1. The van der Waals surface area contributed by atoms with Crippen molar-refractivity contribution in [2.45, 2.75) is 13.0 Å². The monoisotopic (exact) mass is 320 g/mol. The number of nitrogens with zero attached hydrogens (tertiary/aromatic N) is 2. The standard InChI is InChI=1S/C18H16N4S/c1-2-6-13(7-3-1)10-17-20-14(12-23-17)11-19-18-21-15-8-4-5-9-16(15)22-18/h1-9,12H,10-11H2,(H2,19,21,22). The predicted molar refractivity (Wildman–Crippen MR) is 94.8 cm³/mol. The van der Waals surface area contributed by atoms with E-state index in [4.69, 9.17) is 0 Å². The number of fused-ring (bicyclic) bond motifs is 1. The Kier molecular flexibility index (Phi) is 3.78. The minimum atomic E-state index is 0.672. The Bertz CT molecular complexity index is 878. The molecule has 2 aromatic heterocycles. The Labute approximate surface area is 138 Å². The van der Waals surface area contributed by atoms with E-state index in [-0.39, 0.29) is 0 Å². The van der Waals surface area contributed by atoms with E-state index in [0.717, 1.165) is 34.1 Å². The number of H-pyrrole nitrogens is 1. The summed E-state index contributed by atoms with van der Waals surface area (Å²) in [6, 6.07) is 18.4. The second kappa shape index (κ2) is 6.22. The van der Waals surface area contributed by atoms with E-state index in [0.29, 0.717) is 6.54 Å². The molecule has 2 N–H and O–H groups in total. The summed E-state index contributed by atoms with van der Waals surface area (Å²) in [5.41, 5.74) is 4.34. The molecule has 0 aliphatic carbocycles. The number of hydrogen-bond acceptors (Lipinski definition) is 4. The fourth-order valence-electron chi connectivity index (χ4n) is 2.49. The number of imidazole rings is 1. The van der Waals surface area contributed by atoms with Gasteiger partial charge in [0.15, 0.2) is 0 Å². The maximum Gasteiger partial charge on any atom is 0.201 e. The highest BCUT2D eigenvalue weighted by Crippen LogP contribution is 2.17. The molecule has 0 radical (unpaired) electrons. The Balaban J connectivity index is 1.41. The van der Waals surface area contributed by atoms with Gasteiger partial charge in [0.2, 0.25) is 5.95 Å². The third kappa shape index (κ3) is 3.24. The van der Waals surface area contributed by atoms with E-state index in [1.165, 1.54) is 5.56 Å². The molecule has 0 aliphatic rings. The molecule has 0 atom stereocenters. The SMILES string of the molecule is c1ccc(Cc2nc(CNc3nc4ccccc4[nH]3)cs2)cc1. The number of aromatic amines is 1. The zero-order valence-corrected chi connectivity index (χ0v) is 13.3. The molecule has 23 heavy (non-hydrogen) atoms. The first-order valence-electron chi connectivity index (χ1n) is 7.53. The van der Waals surface area contributed by atoms with Crippen molar-refractivity contribution in [2.24, 2.45) is 0 Å². The van der Waals surface area contributed by atoms with Gasteiger partial charge in [-0.1, -0.05) is 42.5 Å². The van der Waals surface area contributed by atoms with Crippen LogP contribution in [0.1, 0.15) is 16.3 Å². The second-order valence-electron chi connectivity index (χ2n) is 5.35. The number of nitrogens with one attached hydrogen (secondary N) is 2. The van der Waals surface area contributed by atoms with Gasteiger partial charge in [0.25, 0.3) is 0 Å². The topological polar surface area (TPSA) is 53.6 Å². The minimum Gasteiger partial charge on any atom is -0.350 e. The van der Waals surface area contributed by atoms with Crippen molar-refractivity contribution in [3.8, 4) is 0 Å². The number of para-hydroxylation sites is 2. The molecule has 4 rings (SSSR count). The largest absolute Gasteiger partial charge is 0.350 e. The van der Waals surface area contributed by atoms with Crippen molar-refractivity contribution in [3.63, 3.8) is 0 Å². The Morgan fingerprint density at radius 2 is 1.78 bits per heavy atom. The van der Waals surface area contributed by atoms with Crippen molar-refractivity contribution in [2.75, 3.05) is 5.32 Å². The highest BCUT2D eigenvalue weighted by Gasteiger charge is 2.05. The lowest BCUT2D eigenvalue weighted by Gasteiger charge is -1.99. The zero-order valence-electron chi connectivity index (χ0n) is 12.5. The summed E-state index contributed by atoms with van der Waals surface area (Å²) < 4.78 is 0. The van der Waals surface area contributed by atoms with Gasteiger partial charge in [-0.25, -0.2) is 9.97 Å². The summed E-state index contributed by atoms with van der Waals surface area (Å²) in [6.07, 6.45) is 0.885. The summed E-state index contributed by atoms with van der Waals surface area (Å²) in [6.45, 7) is 0.672. The Morgan fingerprint density at radius 1 is 0.957 bits per heavy atom. The van der Waals surface area contributed by atoms with Gasteiger partial charge < -0.3 is 10.3 Å². The van der Waals surface area contributed by atoms with Gasteiger partial charge in [-0.3, -0.25) is 0 Å². The first-order chi connectivity index (χ1) is 11.4. The van der Waals surface area contributed by atoms with Crippen LogP contribution in [0, 0.1) is 0 Å². The van der Waals surface area contributed by atoms with Crippen LogP contribution in [0.5, 0.6) is 0 Å². The van der Waals surface area contributed by atoms with Gasteiger partial charge >= 0.3 is 0 Å². The highest BCUT2D eigenvalue weighted by molar-refractivity contribution is 7.09. The van der Waals surface area contributed by atoms with E-state index in [2.05, 4.69) is 49.9 Å². The van der Waals surface area contributed by atoms with Crippen LogP contribution in [0.4, 0.5) is 5.95 Å². The molecule has 4 aromatic rings. The molecule has 2 aromatic carbocycles. The summed E-state index contributed by atoms with van der Waals surface area (Å²) in [7, 11) is 0. The van der Waals surface area contributed by atoms with Crippen LogP contribution in [0.25, 0.3) is 11.0 Å². The first kappa shape index (κ1) is 14.0. The van der Waals surface area contributed by atoms with Crippen molar-refractivity contribution in [1.82, 2.24) is 15.0 Å². The van der Waals surface area contributed by atoms with Crippen LogP contribution in [0.3, 0.4) is 0 Å². The first-order valence-corrected chi connectivity index (χ1v) is 8.40. The fourth-order valence-corrected chi connectivity index (χ4v) is 3.32. The lowest BCUT2D eigenvalue weighted by molar-refractivity contribution is 1.01. The number of aromatic nitrogens is 3. The smallest absolute Gasteiger partial charge is 0.201 e. The van der Waals surface area contributed by atoms with Gasteiger partial charge in [-0.15, -0.1) is 11.3 Å². The number of rotatable bonds is 5. The summed E-state index contributed by atoms with van der Waals surface area (Å²) in [5.74, 6) is 0.781. The van der Waals surface area contributed by atoms with Crippen LogP contribution in [-0.4, -0.2) is 15.0 Å². The van der Waals surface area contributed by atoms with E-state index < -0.39 is 0 Å². The summed E-state index contributed by atoms with van der Waals surface area (Å²) >= 11 is 1.70. The molecule has 0 saturated carbocycles. The predicted octanol–water partition coefficient (Wildman–Crippen LogP) is 4.22. The van der Waals surface area contributed by atoms with Crippen molar-refractivity contribution >= 4 is 28.3 Å². The Morgan fingerprint density at radius 3 is 2.65 bits per heavy atom. The zero-order chi connectivity index (χ0) is 15.5. The van der Waals surface area contributed by atoms with Crippen LogP contribution in [-0.2, 0) is 13.0 Å². The number of anilines is 1. The molecule has 0 spiro atoms. The van der Waals surface area contributed by atoms with Crippen LogP contribution >= 0.6 is 11.3 Å². The fraction of sp³-hybridized carbons (Fsp3) is 0.111. The second-order valence-corrected chi connectivity index (χ2v) is 6.29. The molecule has 2 heterocycles. The molecular formula is C18H16N4S. The third-order valence-electron chi connectivity index (χ3n) is 3.62. The summed E-state index contributed by atoms with van der Waals surface area (Å²) in [5, 5.41) is 6.55. The molecular weight excluding hydrogens is 304 g/mol. The van der Waals surface area contributed by atoms with Gasteiger partial charge in [-0.05, 0) is 17.7 Å². The van der Waals surface area contributed by atoms with Gasteiger partial charge in [0, 0.05) is 11.8 Å². The van der Waals surface area contributed by atoms with Crippen molar-refractivity contribution in [3.05, 3.63) is 76.2 Å². The molecule has 5 heteroatoms. The van der Waals surface area contributed by atoms with Gasteiger partial charge in [0.05, 0.1) is 28.3 Å². The third-order valence-corrected chi connectivity index (χ3v) is 4.52. The van der Waals surface area contributed by atoms with Gasteiger partial charge in [0.1, 0.15) is 0 Å². The lowest BCUT2D eigenvalue weighted by atomic mass is 10.2. The molecule has 114 valence electrons. The van der Waals surface area contributed by atoms with E-state index >= 15 is 0 Å². The van der Waals surface area contributed by atoms with E-state index in [1.54, 1.807) is 11.3 Å². The van der Waals surface area contributed by atoms with E-state index in [1.807, 2.05) is 30.3 Å². The van der Waals surface area contributed by atoms with Crippen LogP contribution in [0.15, 0.2) is 60.0 Å². The van der Waals surface area contributed by atoms with E-state index in [9.17, 15) is 0 Å². The minimum absolute atomic E-state index is 0.672. The average Bonchev–Trinajstić information content (AvgIpc) is 3.20. The molecule has 0 bridgehead atoms. The summed E-state index contributed by atoms with van der Waals surface area (Å²) in [4.78, 5) is 12.5. The van der Waals surface area contributed by atoms with Crippen LogP contribution < -0.4 is 5.32 Å². The van der Waals surface area contributed by atoms with Crippen LogP contribution in [0.2, 0.25) is 0 Å². The molecule has 0 unspecified atom stereocenters. The molecule has 0 fully saturated rings. The quantitative estimate of drug-likeness (QED) is 0.579. The molecule has 0 amide bonds. The number of thiazole rings is 1. The molecule has 0 saturated heterocycles. The molecule has 4 nitrogen and oxygen atoms in total. The van der Waals surface area contributed by atoms with Crippen molar-refractivity contribution < 1.29 is 0 Å². The lowest BCUT2D eigenvalue weighted by Crippen LogP contribution is -2.01. The molecule has 0 aliphatic heterocycles. The number of benzene rings is 2. The Hall–Kier alpha value is -2.66. The number of hydrogen-bond donors (Lipinski definition) is 2. The maximum absolute atomic E-state index is 4.69.